The second-order valence-corrected chi connectivity index (χ2v) is 5.33. The smallest absolute Gasteiger partial charge is 0.243 e. The number of rotatable bonds is 1. The van der Waals surface area contributed by atoms with E-state index < -0.39 is 0 Å². The first-order valence-electron chi connectivity index (χ1n) is 4.04. The number of benzene rings is 1. The summed E-state index contributed by atoms with van der Waals surface area (Å²) >= 11 is 18.2. The summed E-state index contributed by atoms with van der Waals surface area (Å²) in [4.78, 5) is 13.0. The molecule has 2 nitrogen and oxygen atoms in total. The maximum atomic E-state index is 11.6. The van der Waals surface area contributed by atoms with E-state index >= 15 is 0 Å². The quantitative estimate of drug-likeness (QED) is 0.735. The van der Waals surface area contributed by atoms with Gasteiger partial charge in [-0.05, 0) is 18.2 Å². The maximum Gasteiger partial charge on any atom is 0.243 e. The molecule has 1 saturated heterocycles. The minimum absolute atomic E-state index is 0.0610. The van der Waals surface area contributed by atoms with E-state index in [0.717, 1.165) is 0 Å². The Bertz CT molecular complexity index is 434. The summed E-state index contributed by atoms with van der Waals surface area (Å²) in [5.41, 5.74) is 0.559. The van der Waals surface area contributed by atoms with E-state index in [-0.39, 0.29) is 5.91 Å². The number of thiocarbonyl (C=S) groups is 1. The predicted molar refractivity (Wildman–Crippen MR) is 69.0 cm³/mol. The molecule has 0 atom stereocenters. The zero-order valence-corrected chi connectivity index (χ0v) is 10.5. The van der Waals surface area contributed by atoms with E-state index in [2.05, 4.69) is 0 Å². The third-order valence-corrected chi connectivity index (χ3v) is 3.81. The number of hydrogen-bond donors (Lipinski definition) is 0. The molecule has 1 aliphatic rings. The van der Waals surface area contributed by atoms with E-state index in [0.29, 0.717) is 25.8 Å². The highest BCUT2D eigenvalue weighted by atomic mass is 35.5. The lowest BCUT2D eigenvalue weighted by molar-refractivity contribution is -0.115. The summed E-state index contributed by atoms with van der Waals surface area (Å²) in [5.74, 6) is 0.302. The fraction of sp³-hybridized carbons (Fsp3) is 0.111. The van der Waals surface area contributed by atoms with Gasteiger partial charge in [0.25, 0.3) is 0 Å². The highest BCUT2D eigenvalue weighted by Gasteiger charge is 2.29. The first-order valence-corrected chi connectivity index (χ1v) is 6.19. The molecule has 1 aromatic carbocycles. The molecule has 0 aliphatic carbocycles. The zero-order chi connectivity index (χ0) is 11.0. The van der Waals surface area contributed by atoms with Crippen molar-refractivity contribution in [3.8, 4) is 0 Å². The molecule has 2 rings (SSSR count). The predicted octanol–water partition coefficient (Wildman–Crippen LogP) is 3.36. The Balaban J connectivity index is 2.48. The van der Waals surface area contributed by atoms with Gasteiger partial charge in [-0.1, -0.05) is 47.2 Å². The molecule has 15 heavy (non-hydrogen) atoms. The Kier molecular flexibility index (Phi) is 3.21. The molecule has 0 aromatic heterocycles. The molecule has 6 heteroatoms. The van der Waals surface area contributed by atoms with Crippen LogP contribution in [-0.2, 0) is 4.79 Å². The largest absolute Gasteiger partial charge is 0.273 e. The Morgan fingerprint density at radius 2 is 2.13 bits per heavy atom. The summed E-state index contributed by atoms with van der Waals surface area (Å²) in [6, 6.07) is 4.96. The van der Waals surface area contributed by atoms with Gasteiger partial charge in [0.1, 0.15) is 4.32 Å². The monoisotopic (exact) mass is 277 g/mol. The fourth-order valence-corrected chi connectivity index (χ4v) is 2.69. The van der Waals surface area contributed by atoms with Crippen molar-refractivity contribution in [2.75, 3.05) is 10.7 Å². The Labute approximate surface area is 107 Å². The minimum atomic E-state index is -0.0610. The SMILES string of the molecule is O=C1CSC(=S)N1c1cc(Cl)ccc1Cl. The molecule has 0 saturated carbocycles. The van der Waals surface area contributed by atoms with Crippen molar-refractivity contribution in [3.63, 3.8) is 0 Å². The standard InChI is InChI=1S/C9H5Cl2NOS2/c10-5-1-2-6(11)7(3-5)12-8(13)4-15-9(12)14/h1-3H,4H2. The lowest BCUT2D eigenvalue weighted by Crippen LogP contribution is -2.28. The number of nitrogens with zero attached hydrogens (tertiary/aromatic N) is 1. The first kappa shape index (κ1) is 11.2. The van der Waals surface area contributed by atoms with Gasteiger partial charge in [0.2, 0.25) is 5.91 Å². The summed E-state index contributed by atoms with van der Waals surface area (Å²) in [6.07, 6.45) is 0. The summed E-state index contributed by atoms with van der Waals surface area (Å²) in [5, 5.41) is 1.000. The molecule has 0 spiro atoms. The van der Waals surface area contributed by atoms with Crippen LogP contribution in [0.25, 0.3) is 0 Å². The number of carbonyl (C=O) groups is 1. The maximum absolute atomic E-state index is 11.6. The first-order chi connectivity index (χ1) is 7.09. The van der Waals surface area contributed by atoms with Crippen LogP contribution in [0.2, 0.25) is 10.0 Å². The van der Waals surface area contributed by atoms with Gasteiger partial charge in [-0.15, -0.1) is 0 Å². The topological polar surface area (TPSA) is 20.3 Å². The van der Waals surface area contributed by atoms with Crippen LogP contribution in [0, 0.1) is 0 Å². The highest BCUT2D eigenvalue weighted by molar-refractivity contribution is 8.24. The van der Waals surface area contributed by atoms with Gasteiger partial charge in [0.05, 0.1) is 16.5 Å². The lowest BCUT2D eigenvalue weighted by Gasteiger charge is -2.16. The number of halogens is 2. The van der Waals surface area contributed by atoms with E-state index in [9.17, 15) is 4.79 Å². The number of thioether (sulfide) groups is 1. The van der Waals surface area contributed by atoms with E-state index in [1.165, 1.54) is 16.7 Å². The van der Waals surface area contributed by atoms with Crippen molar-refractivity contribution in [2.45, 2.75) is 0 Å². The summed E-state index contributed by atoms with van der Waals surface area (Å²) in [7, 11) is 0. The van der Waals surface area contributed by atoms with Crippen LogP contribution in [0.5, 0.6) is 0 Å². The van der Waals surface area contributed by atoms with Crippen LogP contribution in [0.1, 0.15) is 0 Å². The average molecular weight is 278 g/mol. The van der Waals surface area contributed by atoms with Crippen LogP contribution in [0.4, 0.5) is 5.69 Å². The fourth-order valence-electron chi connectivity index (χ4n) is 1.24. The van der Waals surface area contributed by atoms with Gasteiger partial charge in [-0.2, -0.15) is 0 Å². The van der Waals surface area contributed by atoms with Gasteiger partial charge in [-0.25, -0.2) is 0 Å². The summed E-state index contributed by atoms with van der Waals surface area (Å²) < 4.78 is 0.518. The molecule has 0 N–H and O–H groups in total. The van der Waals surface area contributed by atoms with Gasteiger partial charge in [0, 0.05) is 5.02 Å². The van der Waals surface area contributed by atoms with Crippen LogP contribution in [-0.4, -0.2) is 16.0 Å². The normalized spacial score (nSPS) is 16.3. The van der Waals surface area contributed by atoms with E-state index in [4.69, 9.17) is 35.4 Å². The third-order valence-electron chi connectivity index (χ3n) is 1.90. The molecule has 0 unspecified atom stereocenters. The average Bonchev–Trinajstić information content (AvgIpc) is 2.51. The molecular weight excluding hydrogens is 273 g/mol. The Morgan fingerprint density at radius 1 is 1.40 bits per heavy atom. The van der Waals surface area contributed by atoms with Crippen LogP contribution in [0.15, 0.2) is 18.2 Å². The number of anilines is 1. The van der Waals surface area contributed by atoms with Crippen LogP contribution >= 0.6 is 47.2 Å². The van der Waals surface area contributed by atoms with Crippen molar-refractivity contribution in [2.24, 2.45) is 0 Å². The van der Waals surface area contributed by atoms with Crippen molar-refractivity contribution in [1.82, 2.24) is 0 Å². The summed E-state index contributed by atoms with van der Waals surface area (Å²) in [6.45, 7) is 0. The van der Waals surface area contributed by atoms with Crippen molar-refractivity contribution in [3.05, 3.63) is 28.2 Å². The van der Waals surface area contributed by atoms with Crippen molar-refractivity contribution < 1.29 is 4.79 Å². The minimum Gasteiger partial charge on any atom is -0.273 e. The van der Waals surface area contributed by atoms with Gasteiger partial charge >= 0.3 is 0 Å². The Hall–Kier alpha value is -0.290. The molecule has 1 amide bonds. The molecule has 0 bridgehead atoms. The molecule has 1 aliphatic heterocycles. The second-order valence-electron chi connectivity index (χ2n) is 2.88. The molecular formula is C9H5Cl2NOS2. The van der Waals surface area contributed by atoms with Crippen LogP contribution in [0.3, 0.4) is 0 Å². The zero-order valence-electron chi connectivity index (χ0n) is 7.37. The van der Waals surface area contributed by atoms with Crippen LogP contribution < -0.4 is 4.90 Å². The van der Waals surface area contributed by atoms with E-state index in [1.54, 1.807) is 18.2 Å². The molecule has 1 aromatic rings. The third kappa shape index (κ3) is 2.13. The number of carbonyl (C=O) groups excluding carboxylic acids is 1. The molecule has 1 fully saturated rings. The van der Waals surface area contributed by atoms with E-state index in [1.807, 2.05) is 0 Å². The molecule has 0 radical (unpaired) electrons. The van der Waals surface area contributed by atoms with Gasteiger partial charge in [0.15, 0.2) is 0 Å². The van der Waals surface area contributed by atoms with Crippen molar-refractivity contribution >= 4 is 63.1 Å². The van der Waals surface area contributed by atoms with Gasteiger partial charge < -0.3 is 0 Å². The number of hydrogen-bond acceptors (Lipinski definition) is 3. The van der Waals surface area contributed by atoms with Gasteiger partial charge in [-0.3, -0.25) is 9.69 Å². The van der Waals surface area contributed by atoms with Crippen molar-refractivity contribution in [1.29, 1.82) is 0 Å². The second kappa shape index (κ2) is 4.29. The molecule has 1 heterocycles. The lowest BCUT2D eigenvalue weighted by atomic mass is 10.3. The highest BCUT2D eigenvalue weighted by Crippen LogP contribution is 2.34. The number of amides is 1. The Morgan fingerprint density at radius 3 is 2.73 bits per heavy atom. The molecule has 78 valence electrons.